The third kappa shape index (κ3) is 5.05. The average molecular weight is 425 g/mol. The Bertz CT molecular complexity index is 504. The molecule has 0 aromatic heterocycles. The number of carbonyl (C=O) groups is 2. The van der Waals surface area contributed by atoms with E-state index in [9.17, 15) is 9.59 Å². The molecule has 1 aliphatic rings. The minimum absolute atomic E-state index is 0.137. The SMILES string of the molecule is C[C@@H](C[C@H]1C(=O)N(C)/C(=C/[C@H](C)C(Cl)(Cl)Cl)C(=O)N1C)C(Cl)Cl. The summed E-state index contributed by atoms with van der Waals surface area (Å²) in [4.78, 5) is 27.2. The summed E-state index contributed by atoms with van der Waals surface area (Å²) in [6, 6.07) is -0.622. The molecule has 0 N–H and O–H groups in total. The van der Waals surface area contributed by atoms with E-state index in [2.05, 4.69) is 0 Å². The predicted molar refractivity (Wildman–Crippen MR) is 96.1 cm³/mol. The number of rotatable bonds is 4. The van der Waals surface area contributed by atoms with E-state index in [1.807, 2.05) is 6.92 Å². The molecule has 3 atom stereocenters. The lowest BCUT2D eigenvalue weighted by molar-refractivity contribution is -0.149. The molecule has 4 nitrogen and oxygen atoms in total. The van der Waals surface area contributed by atoms with Crippen molar-refractivity contribution in [1.82, 2.24) is 9.80 Å². The highest BCUT2D eigenvalue weighted by Crippen LogP contribution is 2.37. The molecule has 1 aliphatic heterocycles. The molecule has 0 bridgehead atoms. The van der Waals surface area contributed by atoms with Gasteiger partial charge in [-0.05, 0) is 18.4 Å². The number of likely N-dealkylation sites (N-methyl/N-ethyl adjacent to an activating group) is 2. The Hall–Kier alpha value is 0.130. The van der Waals surface area contributed by atoms with E-state index in [0.717, 1.165) is 0 Å². The van der Waals surface area contributed by atoms with Crippen LogP contribution < -0.4 is 0 Å². The van der Waals surface area contributed by atoms with Crippen LogP contribution >= 0.6 is 58.0 Å². The van der Waals surface area contributed by atoms with E-state index in [0.29, 0.717) is 6.42 Å². The molecule has 0 spiro atoms. The Morgan fingerprint density at radius 2 is 1.70 bits per heavy atom. The fourth-order valence-corrected chi connectivity index (χ4v) is 2.60. The Balaban J connectivity index is 3.07. The first-order valence-electron chi connectivity index (χ1n) is 6.99. The zero-order valence-corrected chi connectivity index (χ0v) is 17.0. The van der Waals surface area contributed by atoms with Gasteiger partial charge in [0.25, 0.3) is 5.91 Å². The van der Waals surface area contributed by atoms with Gasteiger partial charge in [-0.3, -0.25) is 9.59 Å². The van der Waals surface area contributed by atoms with Crippen LogP contribution in [0.1, 0.15) is 20.3 Å². The molecule has 0 unspecified atom stereocenters. The number of amides is 2. The van der Waals surface area contributed by atoms with Gasteiger partial charge in [-0.15, -0.1) is 23.2 Å². The van der Waals surface area contributed by atoms with Gasteiger partial charge in [0.1, 0.15) is 16.6 Å². The molecule has 0 radical (unpaired) electrons. The van der Waals surface area contributed by atoms with Gasteiger partial charge in [0.05, 0.1) is 0 Å². The zero-order valence-electron chi connectivity index (χ0n) is 13.2. The van der Waals surface area contributed by atoms with Crippen molar-refractivity contribution in [2.24, 2.45) is 11.8 Å². The van der Waals surface area contributed by atoms with E-state index in [1.54, 1.807) is 14.0 Å². The van der Waals surface area contributed by atoms with Crippen LogP contribution in [0.15, 0.2) is 11.8 Å². The van der Waals surface area contributed by atoms with E-state index in [1.165, 1.54) is 22.9 Å². The lowest BCUT2D eigenvalue weighted by Gasteiger charge is -2.39. The first kappa shape index (κ1) is 21.2. The van der Waals surface area contributed by atoms with Gasteiger partial charge in [0.2, 0.25) is 5.91 Å². The third-order valence-electron chi connectivity index (χ3n) is 3.93. The first-order valence-corrected chi connectivity index (χ1v) is 9.00. The number of carbonyl (C=O) groups excluding carboxylic acids is 2. The van der Waals surface area contributed by atoms with E-state index in [-0.39, 0.29) is 23.4 Å². The maximum atomic E-state index is 12.6. The molecule has 1 saturated heterocycles. The molecule has 0 aromatic carbocycles. The van der Waals surface area contributed by atoms with Crippen molar-refractivity contribution >= 4 is 69.8 Å². The number of halogens is 5. The Kier molecular flexibility index (Phi) is 7.37. The lowest BCUT2D eigenvalue weighted by atomic mass is 9.97. The molecule has 0 aromatic rings. The molecule has 2 amide bonds. The number of nitrogens with zero attached hydrogens (tertiary/aromatic N) is 2. The fourth-order valence-electron chi connectivity index (χ4n) is 2.20. The Labute approximate surface area is 161 Å². The number of hydrogen-bond acceptors (Lipinski definition) is 2. The maximum Gasteiger partial charge on any atom is 0.270 e. The zero-order chi connectivity index (χ0) is 18.1. The van der Waals surface area contributed by atoms with Crippen molar-refractivity contribution in [3.63, 3.8) is 0 Å². The van der Waals surface area contributed by atoms with Crippen LogP contribution in [-0.4, -0.2) is 50.4 Å². The van der Waals surface area contributed by atoms with Crippen molar-refractivity contribution in [3.8, 4) is 0 Å². The second kappa shape index (κ2) is 8.01. The summed E-state index contributed by atoms with van der Waals surface area (Å²) in [5.74, 6) is -1.22. The summed E-state index contributed by atoms with van der Waals surface area (Å²) in [7, 11) is 3.09. The number of allylic oxidation sites excluding steroid dienone is 1. The van der Waals surface area contributed by atoms with Crippen LogP contribution in [0.4, 0.5) is 0 Å². The predicted octanol–water partition coefficient (Wildman–Crippen LogP) is 4.01. The lowest BCUT2D eigenvalue weighted by Crippen LogP contribution is -2.56. The van der Waals surface area contributed by atoms with Crippen LogP contribution in [0.3, 0.4) is 0 Å². The number of alkyl halides is 5. The monoisotopic (exact) mass is 422 g/mol. The van der Waals surface area contributed by atoms with Crippen LogP contribution in [0, 0.1) is 11.8 Å². The van der Waals surface area contributed by atoms with Gasteiger partial charge in [0, 0.05) is 20.0 Å². The van der Waals surface area contributed by atoms with Gasteiger partial charge in [0.15, 0.2) is 3.79 Å². The first-order chi connectivity index (χ1) is 10.4. The van der Waals surface area contributed by atoms with Gasteiger partial charge in [-0.1, -0.05) is 48.7 Å². The van der Waals surface area contributed by atoms with Gasteiger partial charge in [-0.2, -0.15) is 0 Å². The van der Waals surface area contributed by atoms with Crippen LogP contribution in [0.5, 0.6) is 0 Å². The second-order valence-electron chi connectivity index (χ2n) is 5.76. The molecule has 1 heterocycles. The summed E-state index contributed by atoms with van der Waals surface area (Å²) in [6.07, 6.45) is 1.87. The van der Waals surface area contributed by atoms with Gasteiger partial charge < -0.3 is 9.80 Å². The summed E-state index contributed by atoms with van der Waals surface area (Å²) in [6.45, 7) is 3.48. The summed E-state index contributed by atoms with van der Waals surface area (Å²) >= 11 is 29.2. The van der Waals surface area contributed by atoms with Crippen molar-refractivity contribution in [2.45, 2.75) is 34.9 Å². The topological polar surface area (TPSA) is 40.6 Å². The van der Waals surface area contributed by atoms with Crippen molar-refractivity contribution in [1.29, 1.82) is 0 Å². The molecule has 0 saturated carbocycles. The fraction of sp³-hybridized carbons (Fsp3) is 0.714. The van der Waals surface area contributed by atoms with Gasteiger partial charge in [-0.25, -0.2) is 0 Å². The van der Waals surface area contributed by atoms with E-state index in [4.69, 9.17) is 58.0 Å². The molecule has 132 valence electrons. The van der Waals surface area contributed by atoms with Gasteiger partial charge >= 0.3 is 0 Å². The summed E-state index contributed by atoms with van der Waals surface area (Å²) in [5, 5.41) is 0. The maximum absolute atomic E-state index is 12.6. The molecular formula is C14H19Cl5N2O2. The minimum atomic E-state index is -1.56. The molecule has 1 rings (SSSR count). The van der Waals surface area contributed by atoms with Crippen molar-refractivity contribution < 1.29 is 9.59 Å². The molecule has 23 heavy (non-hydrogen) atoms. The van der Waals surface area contributed by atoms with Crippen molar-refractivity contribution in [2.75, 3.05) is 14.1 Å². The average Bonchev–Trinajstić information content (AvgIpc) is 2.44. The largest absolute Gasteiger partial charge is 0.328 e. The molecular weight excluding hydrogens is 405 g/mol. The second-order valence-corrected chi connectivity index (χ2v) is 9.29. The third-order valence-corrected chi connectivity index (χ3v) is 5.83. The molecule has 9 heteroatoms. The van der Waals surface area contributed by atoms with E-state index < -0.39 is 20.6 Å². The highest BCUT2D eigenvalue weighted by Gasteiger charge is 2.41. The Morgan fingerprint density at radius 3 is 2.13 bits per heavy atom. The standard InChI is InChI=1S/C14H19Cl5N2O2/c1-7(11(15)16)5-9-12(22)21(4)10(13(23)20(9)3)6-8(2)14(17,18)19/h6-9,11H,5H2,1-4H3/b10-6+/t7-,8-,9-/m0/s1. The van der Waals surface area contributed by atoms with Crippen LogP contribution in [-0.2, 0) is 9.59 Å². The molecule has 1 fully saturated rings. The minimum Gasteiger partial charge on any atom is -0.328 e. The van der Waals surface area contributed by atoms with Crippen LogP contribution in [0.25, 0.3) is 0 Å². The highest BCUT2D eigenvalue weighted by atomic mass is 35.6. The number of piperazine rings is 1. The summed E-state index contributed by atoms with van der Waals surface area (Å²) in [5.41, 5.74) is 0.188. The highest BCUT2D eigenvalue weighted by molar-refractivity contribution is 6.67. The summed E-state index contributed by atoms with van der Waals surface area (Å²) < 4.78 is -1.56. The van der Waals surface area contributed by atoms with E-state index >= 15 is 0 Å². The van der Waals surface area contributed by atoms with Crippen LogP contribution in [0.2, 0.25) is 0 Å². The molecule has 0 aliphatic carbocycles. The quantitative estimate of drug-likeness (QED) is 0.505. The number of hydrogen-bond donors (Lipinski definition) is 0. The Morgan fingerprint density at radius 1 is 1.17 bits per heavy atom. The van der Waals surface area contributed by atoms with Crippen molar-refractivity contribution in [3.05, 3.63) is 11.8 Å². The smallest absolute Gasteiger partial charge is 0.270 e. The normalized spacial score (nSPS) is 24.6.